The van der Waals surface area contributed by atoms with Crippen LogP contribution < -0.4 is 10.5 Å². The molecule has 3 aromatic rings. The first kappa shape index (κ1) is 13.6. The largest absolute Gasteiger partial charge is 0.491 e. The number of rotatable bonds is 5. The lowest BCUT2D eigenvalue weighted by molar-refractivity contribution is 0.323. The topological polar surface area (TPSA) is 48.1 Å². The average Bonchev–Trinajstić information content (AvgIpc) is 3.04. The van der Waals surface area contributed by atoms with E-state index in [9.17, 15) is 0 Å². The van der Waals surface area contributed by atoms with Crippen LogP contribution in [0.1, 0.15) is 5.56 Å². The molecule has 0 saturated heterocycles. The van der Waals surface area contributed by atoms with E-state index in [4.69, 9.17) is 10.5 Å². The smallest absolute Gasteiger partial charge is 0.142 e. The van der Waals surface area contributed by atoms with Crippen molar-refractivity contribution in [3.05, 3.63) is 65.0 Å². The number of nitrogens with zero attached hydrogens (tertiary/aromatic N) is 1. The molecule has 2 aromatic carbocycles. The molecule has 1 heterocycles. The Morgan fingerprint density at radius 2 is 1.95 bits per heavy atom. The first-order chi connectivity index (χ1) is 10.3. The van der Waals surface area contributed by atoms with E-state index in [1.165, 1.54) is 5.56 Å². The van der Waals surface area contributed by atoms with Crippen molar-refractivity contribution in [2.45, 2.75) is 6.42 Å². The fourth-order valence-corrected chi connectivity index (χ4v) is 2.68. The van der Waals surface area contributed by atoms with Gasteiger partial charge in [0.15, 0.2) is 0 Å². The fourth-order valence-electron chi connectivity index (χ4n) is 2.12. The van der Waals surface area contributed by atoms with Gasteiger partial charge in [-0.05, 0) is 23.8 Å². The van der Waals surface area contributed by atoms with E-state index in [1.54, 1.807) is 11.3 Å². The number of nitrogens with two attached hydrogens (primary N) is 1. The van der Waals surface area contributed by atoms with Gasteiger partial charge in [0.05, 0.1) is 23.5 Å². The van der Waals surface area contributed by atoms with Gasteiger partial charge >= 0.3 is 0 Å². The highest BCUT2D eigenvalue weighted by molar-refractivity contribution is 7.07. The number of thiazole rings is 1. The van der Waals surface area contributed by atoms with Crippen LogP contribution in [0.3, 0.4) is 0 Å². The molecule has 2 N–H and O–H groups in total. The van der Waals surface area contributed by atoms with E-state index in [0.29, 0.717) is 12.3 Å². The van der Waals surface area contributed by atoms with Gasteiger partial charge in [0.2, 0.25) is 0 Å². The van der Waals surface area contributed by atoms with E-state index >= 15 is 0 Å². The van der Waals surface area contributed by atoms with Crippen molar-refractivity contribution < 1.29 is 4.74 Å². The summed E-state index contributed by atoms with van der Waals surface area (Å²) in [5.74, 6) is 0.727. The number of aromatic nitrogens is 1. The summed E-state index contributed by atoms with van der Waals surface area (Å²) in [6, 6.07) is 16.1. The van der Waals surface area contributed by atoms with Crippen molar-refractivity contribution in [1.82, 2.24) is 4.98 Å². The Bertz CT molecular complexity index is 696. The fraction of sp³-hybridized carbons (Fsp3) is 0.118. The molecule has 3 nitrogen and oxygen atoms in total. The molecule has 0 aliphatic rings. The summed E-state index contributed by atoms with van der Waals surface area (Å²) in [4.78, 5) is 4.28. The van der Waals surface area contributed by atoms with Crippen LogP contribution in [-0.4, -0.2) is 11.6 Å². The van der Waals surface area contributed by atoms with Gasteiger partial charge in [0.1, 0.15) is 5.75 Å². The molecule has 0 atom stereocenters. The Morgan fingerprint density at radius 3 is 2.67 bits per heavy atom. The highest BCUT2D eigenvalue weighted by Gasteiger charge is 2.05. The summed E-state index contributed by atoms with van der Waals surface area (Å²) in [6.07, 6.45) is 0.869. The van der Waals surface area contributed by atoms with Crippen LogP contribution >= 0.6 is 11.3 Å². The Labute approximate surface area is 128 Å². The summed E-state index contributed by atoms with van der Waals surface area (Å²) >= 11 is 1.57. The predicted molar refractivity (Wildman–Crippen MR) is 87.6 cm³/mol. The maximum Gasteiger partial charge on any atom is 0.142 e. The van der Waals surface area contributed by atoms with Crippen LogP contribution in [0.5, 0.6) is 5.75 Å². The zero-order valence-corrected chi connectivity index (χ0v) is 12.3. The summed E-state index contributed by atoms with van der Waals surface area (Å²) in [5, 5.41) is 2.00. The minimum Gasteiger partial charge on any atom is -0.491 e. The lowest BCUT2D eigenvalue weighted by Gasteiger charge is -2.10. The highest BCUT2D eigenvalue weighted by Crippen LogP contribution is 2.28. The van der Waals surface area contributed by atoms with Crippen molar-refractivity contribution in [2.24, 2.45) is 0 Å². The van der Waals surface area contributed by atoms with Crippen LogP contribution in [0, 0.1) is 0 Å². The third-order valence-corrected chi connectivity index (χ3v) is 3.82. The quantitative estimate of drug-likeness (QED) is 0.724. The number of nitrogen functional groups attached to an aromatic ring is 1. The molecule has 1 aromatic heterocycles. The first-order valence-electron chi connectivity index (χ1n) is 6.78. The van der Waals surface area contributed by atoms with E-state index in [0.717, 1.165) is 23.4 Å². The van der Waals surface area contributed by atoms with Crippen molar-refractivity contribution in [3.63, 3.8) is 0 Å². The van der Waals surface area contributed by atoms with Gasteiger partial charge in [0, 0.05) is 17.4 Å². The number of hydrogen-bond acceptors (Lipinski definition) is 4. The number of hydrogen-bond donors (Lipinski definition) is 1. The molecule has 3 rings (SSSR count). The van der Waals surface area contributed by atoms with Crippen molar-refractivity contribution in [3.8, 4) is 17.0 Å². The highest BCUT2D eigenvalue weighted by atomic mass is 32.1. The Balaban J connectivity index is 1.64. The van der Waals surface area contributed by atoms with Crippen molar-refractivity contribution in [1.29, 1.82) is 0 Å². The molecular formula is C17H16N2OS. The predicted octanol–water partition coefficient (Wildman–Crippen LogP) is 4.01. The van der Waals surface area contributed by atoms with Crippen LogP contribution in [0.2, 0.25) is 0 Å². The molecule has 21 heavy (non-hydrogen) atoms. The SMILES string of the molecule is Nc1cc(-c2cscn2)ccc1OCCc1ccccc1. The molecule has 0 unspecified atom stereocenters. The first-order valence-corrected chi connectivity index (χ1v) is 7.72. The maximum atomic E-state index is 6.06. The number of benzene rings is 2. The summed E-state index contributed by atoms with van der Waals surface area (Å²) in [5.41, 5.74) is 11.7. The van der Waals surface area contributed by atoms with E-state index in [2.05, 4.69) is 17.1 Å². The monoisotopic (exact) mass is 296 g/mol. The second-order valence-electron chi connectivity index (χ2n) is 4.71. The van der Waals surface area contributed by atoms with Crippen LogP contribution in [0.15, 0.2) is 59.4 Å². The zero-order valence-electron chi connectivity index (χ0n) is 11.5. The molecular weight excluding hydrogens is 280 g/mol. The molecule has 106 valence electrons. The second-order valence-corrected chi connectivity index (χ2v) is 5.43. The third kappa shape index (κ3) is 3.41. The van der Waals surface area contributed by atoms with Gasteiger partial charge in [-0.1, -0.05) is 30.3 Å². The maximum absolute atomic E-state index is 6.06. The lowest BCUT2D eigenvalue weighted by atomic mass is 10.1. The minimum absolute atomic E-state index is 0.615. The molecule has 0 aliphatic heterocycles. The Hall–Kier alpha value is -2.33. The molecule has 0 aliphatic carbocycles. The molecule has 0 fully saturated rings. The van der Waals surface area contributed by atoms with E-state index in [-0.39, 0.29) is 0 Å². The van der Waals surface area contributed by atoms with Gasteiger partial charge in [0.25, 0.3) is 0 Å². The van der Waals surface area contributed by atoms with E-state index < -0.39 is 0 Å². The van der Waals surface area contributed by atoms with Crippen molar-refractivity contribution in [2.75, 3.05) is 12.3 Å². The summed E-state index contributed by atoms with van der Waals surface area (Å²) < 4.78 is 5.77. The van der Waals surface area contributed by atoms with Crippen LogP contribution in [-0.2, 0) is 6.42 Å². The normalized spacial score (nSPS) is 10.5. The van der Waals surface area contributed by atoms with Gasteiger partial charge in [-0.25, -0.2) is 4.98 Å². The molecule has 0 amide bonds. The van der Waals surface area contributed by atoms with Gasteiger partial charge < -0.3 is 10.5 Å². The third-order valence-electron chi connectivity index (χ3n) is 3.23. The number of anilines is 1. The Morgan fingerprint density at radius 1 is 1.10 bits per heavy atom. The van der Waals surface area contributed by atoms with Gasteiger partial charge in [-0.15, -0.1) is 11.3 Å². The minimum atomic E-state index is 0.615. The Kier molecular flexibility index (Phi) is 4.17. The van der Waals surface area contributed by atoms with Crippen molar-refractivity contribution >= 4 is 17.0 Å². The zero-order chi connectivity index (χ0) is 14.5. The van der Waals surface area contributed by atoms with Crippen LogP contribution in [0.25, 0.3) is 11.3 Å². The lowest BCUT2D eigenvalue weighted by Crippen LogP contribution is -2.03. The second kappa shape index (κ2) is 6.41. The van der Waals surface area contributed by atoms with Gasteiger partial charge in [-0.3, -0.25) is 0 Å². The summed E-state index contributed by atoms with van der Waals surface area (Å²) in [7, 11) is 0. The van der Waals surface area contributed by atoms with Gasteiger partial charge in [-0.2, -0.15) is 0 Å². The molecule has 0 saturated carbocycles. The standard InChI is InChI=1S/C17H16N2OS/c18-15-10-14(16-11-21-12-19-16)6-7-17(15)20-9-8-13-4-2-1-3-5-13/h1-7,10-12H,8-9,18H2. The van der Waals surface area contributed by atoms with Crippen LogP contribution in [0.4, 0.5) is 5.69 Å². The molecule has 0 radical (unpaired) electrons. The molecule has 0 spiro atoms. The average molecular weight is 296 g/mol. The van der Waals surface area contributed by atoms with E-state index in [1.807, 2.05) is 47.3 Å². The number of ether oxygens (including phenoxy) is 1. The molecule has 0 bridgehead atoms. The summed E-state index contributed by atoms with van der Waals surface area (Å²) in [6.45, 7) is 0.615. The molecule has 4 heteroatoms.